The van der Waals surface area contributed by atoms with E-state index in [1.807, 2.05) is 36.6 Å². The van der Waals surface area contributed by atoms with Crippen molar-refractivity contribution < 1.29 is 4.79 Å². The van der Waals surface area contributed by atoms with Crippen LogP contribution in [0.4, 0.5) is 0 Å². The maximum absolute atomic E-state index is 12.5. The molecule has 4 aromatic rings. The number of nitrogens with zero attached hydrogens (tertiary/aromatic N) is 4. The van der Waals surface area contributed by atoms with E-state index in [-0.39, 0.29) is 12.5 Å². The molecule has 0 aliphatic carbocycles. The fourth-order valence-corrected chi connectivity index (χ4v) is 4.14. The molecule has 4 aromatic heterocycles. The summed E-state index contributed by atoms with van der Waals surface area (Å²) in [7, 11) is 0. The molecule has 0 unspecified atom stereocenters. The van der Waals surface area contributed by atoms with E-state index in [0.29, 0.717) is 16.5 Å². The molecule has 0 spiro atoms. The average molecular weight is 382 g/mol. The third-order valence-electron chi connectivity index (χ3n) is 3.62. The first-order valence-electron chi connectivity index (χ1n) is 7.82. The number of carbonyl (C=O) groups is 1. The highest BCUT2D eigenvalue weighted by Crippen LogP contribution is 2.31. The minimum atomic E-state index is -0.162. The third-order valence-corrected chi connectivity index (χ3v) is 5.82. The van der Waals surface area contributed by atoms with E-state index in [9.17, 15) is 4.79 Å². The van der Waals surface area contributed by atoms with Gasteiger partial charge in [-0.1, -0.05) is 6.07 Å². The van der Waals surface area contributed by atoms with Crippen molar-refractivity contribution in [3.63, 3.8) is 0 Å². The number of thiophene rings is 1. The SMILES string of the molecule is Cc1nc(-c2cccs2)sc1C(=O)NCc1nc(-c2ccncc2)n[nH]1. The van der Waals surface area contributed by atoms with E-state index in [1.165, 1.54) is 11.3 Å². The summed E-state index contributed by atoms with van der Waals surface area (Å²) < 4.78 is 0. The molecule has 4 heterocycles. The van der Waals surface area contributed by atoms with Crippen LogP contribution in [0.5, 0.6) is 0 Å². The number of aromatic nitrogens is 5. The number of carbonyl (C=O) groups excluding carboxylic acids is 1. The lowest BCUT2D eigenvalue weighted by Crippen LogP contribution is -2.23. The largest absolute Gasteiger partial charge is 0.344 e. The number of amides is 1. The molecule has 1 amide bonds. The maximum atomic E-state index is 12.5. The van der Waals surface area contributed by atoms with Gasteiger partial charge in [-0.15, -0.1) is 22.7 Å². The summed E-state index contributed by atoms with van der Waals surface area (Å²) in [5.41, 5.74) is 1.60. The summed E-state index contributed by atoms with van der Waals surface area (Å²) in [6.45, 7) is 2.11. The zero-order valence-electron chi connectivity index (χ0n) is 13.8. The second-order valence-corrected chi connectivity index (χ2v) is 7.38. The van der Waals surface area contributed by atoms with Crippen LogP contribution in [0.1, 0.15) is 21.2 Å². The van der Waals surface area contributed by atoms with Crippen LogP contribution in [0.15, 0.2) is 42.0 Å². The summed E-state index contributed by atoms with van der Waals surface area (Å²) in [5, 5.41) is 12.7. The highest BCUT2D eigenvalue weighted by atomic mass is 32.1. The van der Waals surface area contributed by atoms with Gasteiger partial charge in [0.15, 0.2) is 5.82 Å². The van der Waals surface area contributed by atoms with E-state index in [1.54, 1.807) is 23.7 Å². The van der Waals surface area contributed by atoms with Crippen LogP contribution in [0.2, 0.25) is 0 Å². The molecule has 26 heavy (non-hydrogen) atoms. The van der Waals surface area contributed by atoms with E-state index in [0.717, 1.165) is 21.1 Å². The Bertz CT molecular complexity index is 1020. The zero-order valence-corrected chi connectivity index (χ0v) is 15.4. The van der Waals surface area contributed by atoms with Gasteiger partial charge in [0.25, 0.3) is 5.91 Å². The molecule has 0 atom stereocenters. The third kappa shape index (κ3) is 3.39. The van der Waals surface area contributed by atoms with Gasteiger partial charge in [0, 0.05) is 18.0 Å². The van der Waals surface area contributed by atoms with Crippen molar-refractivity contribution >= 4 is 28.6 Å². The molecule has 0 saturated carbocycles. The minimum Gasteiger partial charge on any atom is -0.344 e. The van der Waals surface area contributed by atoms with Crippen LogP contribution >= 0.6 is 22.7 Å². The molecule has 0 saturated heterocycles. The fraction of sp³-hybridized carbons (Fsp3) is 0.118. The number of rotatable bonds is 5. The van der Waals surface area contributed by atoms with E-state index < -0.39 is 0 Å². The fourth-order valence-electron chi connectivity index (χ4n) is 2.36. The summed E-state index contributed by atoms with van der Waals surface area (Å²) in [6.07, 6.45) is 3.37. The van der Waals surface area contributed by atoms with Gasteiger partial charge in [0.2, 0.25) is 0 Å². The number of hydrogen-bond donors (Lipinski definition) is 2. The average Bonchev–Trinajstić information content (AvgIpc) is 3.41. The first-order chi connectivity index (χ1) is 12.7. The molecule has 130 valence electrons. The van der Waals surface area contributed by atoms with Gasteiger partial charge in [-0.25, -0.2) is 9.97 Å². The summed E-state index contributed by atoms with van der Waals surface area (Å²) in [6, 6.07) is 7.64. The molecule has 0 aliphatic heterocycles. The number of pyridine rings is 1. The van der Waals surface area contributed by atoms with Crippen molar-refractivity contribution in [1.29, 1.82) is 0 Å². The van der Waals surface area contributed by atoms with Gasteiger partial charge >= 0.3 is 0 Å². The van der Waals surface area contributed by atoms with Crippen LogP contribution in [-0.4, -0.2) is 31.1 Å². The van der Waals surface area contributed by atoms with Crippen LogP contribution in [0.3, 0.4) is 0 Å². The van der Waals surface area contributed by atoms with Crippen molar-refractivity contribution in [3.05, 3.63) is 58.4 Å². The van der Waals surface area contributed by atoms with Gasteiger partial charge in [0.1, 0.15) is 15.7 Å². The highest BCUT2D eigenvalue weighted by molar-refractivity contribution is 7.22. The molecule has 0 bridgehead atoms. The molecular formula is C17H14N6OS2. The van der Waals surface area contributed by atoms with Crippen LogP contribution < -0.4 is 5.32 Å². The predicted octanol–water partition coefficient (Wildman–Crippen LogP) is 3.29. The molecule has 0 radical (unpaired) electrons. The molecule has 0 aromatic carbocycles. The Morgan fingerprint density at radius 3 is 2.85 bits per heavy atom. The molecule has 4 rings (SSSR count). The molecule has 7 nitrogen and oxygen atoms in total. The van der Waals surface area contributed by atoms with Crippen molar-refractivity contribution in [2.24, 2.45) is 0 Å². The van der Waals surface area contributed by atoms with Crippen molar-refractivity contribution in [2.75, 3.05) is 0 Å². The lowest BCUT2D eigenvalue weighted by atomic mass is 10.2. The Kier molecular flexibility index (Phi) is 4.55. The van der Waals surface area contributed by atoms with Gasteiger partial charge < -0.3 is 5.32 Å². The van der Waals surface area contributed by atoms with Gasteiger partial charge in [-0.2, -0.15) is 5.10 Å². The monoisotopic (exact) mass is 382 g/mol. The molecule has 0 aliphatic rings. The minimum absolute atomic E-state index is 0.162. The first kappa shape index (κ1) is 16.6. The van der Waals surface area contributed by atoms with Crippen molar-refractivity contribution in [2.45, 2.75) is 13.5 Å². The van der Waals surface area contributed by atoms with Crippen molar-refractivity contribution in [3.8, 4) is 21.3 Å². The number of nitrogens with one attached hydrogen (secondary N) is 2. The van der Waals surface area contributed by atoms with E-state index in [2.05, 4.69) is 30.5 Å². The summed E-state index contributed by atoms with van der Waals surface area (Å²) >= 11 is 3.01. The number of thiazole rings is 1. The number of H-pyrrole nitrogens is 1. The Balaban J connectivity index is 1.44. The summed E-state index contributed by atoms with van der Waals surface area (Å²) in [5.74, 6) is 1.00. The lowest BCUT2D eigenvalue weighted by molar-refractivity contribution is 0.0953. The quantitative estimate of drug-likeness (QED) is 0.552. The molecule has 0 fully saturated rings. The Labute approximate surface area is 157 Å². The summed E-state index contributed by atoms with van der Waals surface area (Å²) in [4.78, 5) is 27.0. The standard InChI is InChI=1S/C17H14N6OS2/c1-10-14(26-17(20-10)12-3-2-8-25-12)16(24)19-9-13-21-15(23-22-13)11-4-6-18-7-5-11/h2-8H,9H2,1H3,(H,19,24)(H,21,22,23). The van der Waals surface area contributed by atoms with Gasteiger partial charge in [-0.05, 0) is 30.5 Å². The zero-order chi connectivity index (χ0) is 17.9. The van der Waals surface area contributed by atoms with Gasteiger partial charge in [0.05, 0.1) is 17.1 Å². The van der Waals surface area contributed by atoms with Gasteiger partial charge in [-0.3, -0.25) is 14.9 Å². The Morgan fingerprint density at radius 1 is 1.23 bits per heavy atom. The van der Waals surface area contributed by atoms with Crippen LogP contribution in [-0.2, 0) is 6.54 Å². The number of aryl methyl sites for hydroxylation is 1. The smallest absolute Gasteiger partial charge is 0.263 e. The highest BCUT2D eigenvalue weighted by Gasteiger charge is 2.17. The second-order valence-electron chi connectivity index (χ2n) is 5.44. The number of hydrogen-bond acceptors (Lipinski definition) is 7. The van der Waals surface area contributed by atoms with Crippen LogP contribution in [0, 0.1) is 6.92 Å². The van der Waals surface area contributed by atoms with E-state index in [4.69, 9.17) is 0 Å². The lowest BCUT2D eigenvalue weighted by Gasteiger charge is -2.00. The molecule has 2 N–H and O–H groups in total. The normalized spacial score (nSPS) is 10.8. The van der Waals surface area contributed by atoms with Crippen LogP contribution in [0.25, 0.3) is 21.3 Å². The second kappa shape index (κ2) is 7.14. The first-order valence-corrected chi connectivity index (χ1v) is 9.51. The Morgan fingerprint density at radius 2 is 2.08 bits per heavy atom. The molecule has 9 heteroatoms. The maximum Gasteiger partial charge on any atom is 0.263 e. The topological polar surface area (TPSA) is 96.5 Å². The predicted molar refractivity (Wildman–Crippen MR) is 101 cm³/mol. The molecular weight excluding hydrogens is 368 g/mol. The number of aromatic amines is 1. The Hall–Kier alpha value is -2.91. The van der Waals surface area contributed by atoms with Crippen molar-refractivity contribution in [1.82, 2.24) is 30.5 Å². The van der Waals surface area contributed by atoms with E-state index >= 15 is 0 Å².